The summed E-state index contributed by atoms with van der Waals surface area (Å²) < 4.78 is 5.22. The van der Waals surface area contributed by atoms with Gasteiger partial charge in [0.25, 0.3) is 0 Å². The second kappa shape index (κ2) is 6.25. The van der Waals surface area contributed by atoms with E-state index >= 15 is 0 Å². The van der Waals surface area contributed by atoms with Gasteiger partial charge in [-0.3, -0.25) is 0 Å². The van der Waals surface area contributed by atoms with Crippen LogP contribution in [0.2, 0.25) is 0 Å². The Bertz CT molecular complexity index is 582. The first-order valence-corrected chi connectivity index (χ1v) is 6.40. The predicted octanol–water partition coefficient (Wildman–Crippen LogP) is 3.59. The fourth-order valence-corrected chi connectivity index (χ4v) is 1.84. The molecule has 0 atom stereocenters. The van der Waals surface area contributed by atoms with E-state index < -0.39 is 0 Å². The van der Waals surface area contributed by atoms with Crippen molar-refractivity contribution in [3.05, 3.63) is 48.5 Å². The first-order valence-electron chi connectivity index (χ1n) is 5.87. The average molecular weight is 275 g/mol. The monoisotopic (exact) mass is 274 g/mol. The van der Waals surface area contributed by atoms with Gasteiger partial charge >= 0.3 is 0 Å². The molecule has 0 radical (unpaired) electrons. The lowest BCUT2D eigenvalue weighted by Gasteiger charge is -2.09. The minimum Gasteiger partial charge on any atom is -0.497 e. The summed E-state index contributed by atoms with van der Waals surface area (Å²) in [5, 5.41) is 0. The van der Waals surface area contributed by atoms with Crippen molar-refractivity contribution in [1.29, 1.82) is 0 Å². The van der Waals surface area contributed by atoms with Gasteiger partial charge in [-0.25, -0.2) is 4.99 Å². The maximum atomic E-state index is 5.72. The van der Waals surface area contributed by atoms with Crippen LogP contribution in [0.4, 0.5) is 5.69 Å². The third-order valence-corrected chi connectivity index (χ3v) is 2.96. The molecule has 2 rings (SSSR count). The van der Waals surface area contributed by atoms with E-state index in [1.807, 2.05) is 48.5 Å². The lowest BCUT2D eigenvalue weighted by molar-refractivity contribution is 0.415. The van der Waals surface area contributed by atoms with Crippen molar-refractivity contribution in [2.45, 2.75) is 0 Å². The van der Waals surface area contributed by atoms with Crippen LogP contribution in [0.3, 0.4) is 0 Å². The van der Waals surface area contributed by atoms with Crippen LogP contribution in [0.15, 0.2) is 53.5 Å². The first-order chi connectivity index (χ1) is 9.24. The average Bonchev–Trinajstić information content (AvgIpc) is 2.48. The molecule has 3 nitrogen and oxygen atoms in total. The van der Waals surface area contributed by atoms with Gasteiger partial charge in [-0.1, -0.05) is 30.3 Å². The van der Waals surface area contributed by atoms with Gasteiger partial charge < -0.3 is 10.5 Å². The van der Waals surface area contributed by atoms with Crippen LogP contribution in [0.5, 0.6) is 5.75 Å². The number of methoxy groups -OCH3 is 1. The summed E-state index contributed by atoms with van der Waals surface area (Å²) in [6, 6.07) is 15.7. The van der Waals surface area contributed by atoms with Gasteiger partial charge in [-0.05, 0) is 17.7 Å². The number of amidine groups is 1. The Morgan fingerprint density at radius 2 is 1.95 bits per heavy atom. The zero-order chi connectivity index (χ0) is 13.7. The number of rotatable bonds is 4. The topological polar surface area (TPSA) is 47.6 Å². The summed E-state index contributed by atoms with van der Waals surface area (Å²) in [4.78, 5) is 4.34. The van der Waals surface area contributed by atoms with Crippen LogP contribution in [0.1, 0.15) is 0 Å². The quantitative estimate of drug-likeness (QED) is 0.526. The molecule has 2 N–H and O–H groups in total. The number of alkyl halides is 1. The van der Waals surface area contributed by atoms with Gasteiger partial charge in [-0.15, -0.1) is 11.6 Å². The van der Waals surface area contributed by atoms with Gasteiger partial charge in [0.1, 0.15) is 11.6 Å². The Kier molecular flexibility index (Phi) is 4.42. The number of ether oxygens (including phenoxy) is 1. The lowest BCUT2D eigenvalue weighted by Crippen LogP contribution is -2.12. The summed E-state index contributed by atoms with van der Waals surface area (Å²) in [5.74, 6) is 1.32. The molecule has 98 valence electrons. The van der Waals surface area contributed by atoms with Gasteiger partial charge in [0.2, 0.25) is 0 Å². The number of aliphatic imine (C=N–C) groups is 1. The summed E-state index contributed by atoms with van der Waals surface area (Å²) >= 11 is 5.69. The predicted molar refractivity (Wildman–Crippen MR) is 80.4 cm³/mol. The van der Waals surface area contributed by atoms with Crippen molar-refractivity contribution in [3.8, 4) is 16.9 Å². The van der Waals surface area contributed by atoms with Gasteiger partial charge in [0.05, 0.1) is 18.7 Å². The molecule has 2 aromatic rings. The largest absolute Gasteiger partial charge is 0.497 e. The highest BCUT2D eigenvalue weighted by Crippen LogP contribution is 2.33. The molecule has 0 aliphatic heterocycles. The van der Waals surface area contributed by atoms with Crippen molar-refractivity contribution >= 4 is 23.1 Å². The minimum atomic E-state index is 0.200. The number of halogens is 1. The van der Waals surface area contributed by atoms with Gasteiger partial charge in [-0.2, -0.15) is 0 Å². The number of nitrogens with two attached hydrogens (primary N) is 1. The fraction of sp³-hybridized carbons (Fsp3) is 0.133. The minimum absolute atomic E-state index is 0.200. The second-order valence-electron chi connectivity index (χ2n) is 3.99. The smallest absolute Gasteiger partial charge is 0.121 e. The zero-order valence-corrected chi connectivity index (χ0v) is 11.4. The Morgan fingerprint density at radius 3 is 2.58 bits per heavy atom. The van der Waals surface area contributed by atoms with E-state index in [1.54, 1.807) is 7.11 Å². The van der Waals surface area contributed by atoms with Crippen LogP contribution in [-0.4, -0.2) is 18.8 Å². The number of benzene rings is 2. The Labute approximate surface area is 117 Å². The van der Waals surface area contributed by atoms with Gasteiger partial charge in [0.15, 0.2) is 0 Å². The molecule has 0 bridgehead atoms. The summed E-state index contributed by atoms with van der Waals surface area (Å²) in [7, 11) is 1.62. The molecule has 0 saturated heterocycles. The molecule has 4 heteroatoms. The van der Waals surface area contributed by atoms with E-state index in [2.05, 4.69) is 4.99 Å². The van der Waals surface area contributed by atoms with E-state index in [9.17, 15) is 0 Å². The van der Waals surface area contributed by atoms with Crippen LogP contribution < -0.4 is 10.5 Å². The second-order valence-corrected chi connectivity index (χ2v) is 4.25. The molecule has 0 amide bonds. The summed E-state index contributed by atoms with van der Waals surface area (Å²) in [6.45, 7) is 0. The van der Waals surface area contributed by atoms with Crippen molar-refractivity contribution in [3.63, 3.8) is 0 Å². The molecule has 0 fully saturated rings. The first kappa shape index (κ1) is 13.4. The Hall–Kier alpha value is -2.00. The third-order valence-electron chi connectivity index (χ3n) is 2.69. The van der Waals surface area contributed by atoms with Gasteiger partial charge in [0, 0.05) is 11.6 Å². The normalized spacial score (nSPS) is 11.4. The molecule has 0 unspecified atom stereocenters. The summed E-state index contributed by atoms with van der Waals surface area (Å²) in [6.07, 6.45) is 0. The molecule has 0 spiro atoms. The van der Waals surface area contributed by atoms with E-state index in [0.717, 1.165) is 22.6 Å². The highest BCUT2D eigenvalue weighted by molar-refractivity contribution is 6.28. The van der Waals surface area contributed by atoms with Crippen molar-refractivity contribution < 1.29 is 4.74 Å². The zero-order valence-electron chi connectivity index (χ0n) is 10.6. The van der Waals surface area contributed by atoms with Crippen LogP contribution in [0.25, 0.3) is 11.1 Å². The number of nitrogens with zero attached hydrogens (tertiary/aromatic N) is 1. The SMILES string of the molecule is COc1ccc(-c2ccccc2)c(N=C(N)CCl)c1. The van der Waals surface area contributed by atoms with Crippen molar-refractivity contribution in [2.24, 2.45) is 10.7 Å². The van der Waals surface area contributed by atoms with Crippen molar-refractivity contribution in [1.82, 2.24) is 0 Å². The van der Waals surface area contributed by atoms with E-state index in [0.29, 0.717) is 5.84 Å². The van der Waals surface area contributed by atoms with Crippen molar-refractivity contribution in [2.75, 3.05) is 13.0 Å². The number of hydrogen-bond donors (Lipinski definition) is 1. The molecular weight excluding hydrogens is 260 g/mol. The maximum Gasteiger partial charge on any atom is 0.121 e. The Morgan fingerprint density at radius 1 is 1.21 bits per heavy atom. The third kappa shape index (κ3) is 3.26. The standard InChI is InChI=1S/C15H15ClN2O/c1-19-12-7-8-13(11-5-3-2-4-6-11)14(9-12)18-15(17)10-16/h2-9H,10H2,1H3,(H2,17,18). The van der Waals surface area contributed by atoms with E-state index in [4.69, 9.17) is 22.1 Å². The van der Waals surface area contributed by atoms with E-state index in [-0.39, 0.29) is 5.88 Å². The molecular formula is C15H15ClN2O. The molecule has 0 aliphatic carbocycles. The molecule has 2 aromatic carbocycles. The highest BCUT2D eigenvalue weighted by Gasteiger charge is 2.06. The molecule has 0 saturated carbocycles. The Balaban J connectivity index is 2.54. The molecule has 0 heterocycles. The van der Waals surface area contributed by atoms with E-state index in [1.165, 1.54) is 0 Å². The molecule has 19 heavy (non-hydrogen) atoms. The highest BCUT2D eigenvalue weighted by atomic mass is 35.5. The number of hydrogen-bond acceptors (Lipinski definition) is 2. The fourth-order valence-electron chi connectivity index (χ4n) is 1.78. The molecule has 0 aliphatic rings. The molecule has 0 aromatic heterocycles. The van der Waals surface area contributed by atoms with Crippen LogP contribution in [-0.2, 0) is 0 Å². The summed E-state index contributed by atoms with van der Waals surface area (Å²) in [5.41, 5.74) is 8.54. The van der Waals surface area contributed by atoms with Crippen LogP contribution in [0, 0.1) is 0 Å². The lowest BCUT2D eigenvalue weighted by atomic mass is 10.0. The maximum absolute atomic E-state index is 5.72. The van der Waals surface area contributed by atoms with Crippen LogP contribution >= 0.6 is 11.6 Å².